The van der Waals surface area contributed by atoms with Crippen molar-refractivity contribution in [2.45, 2.75) is 32.0 Å². The highest BCUT2D eigenvalue weighted by molar-refractivity contribution is 5.68. The summed E-state index contributed by atoms with van der Waals surface area (Å²) in [7, 11) is 0. The Bertz CT molecular complexity index is 599. The molecule has 0 bridgehead atoms. The predicted octanol–water partition coefficient (Wildman–Crippen LogP) is 2.96. The highest BCUT2D eigenvalue weighted by Crippen LogP contribution is 2.32. The van der Waals surface area contributed by atoms with E-state index < -0.39 is 11.9 Å². The molecular formula is C12H13F3N4. The Balaban J connectivity index is 1.93. The maximum Gasteiger partial charge on any atom is 0.435 e. The fourth-order valence-electron chi connectivity index (χ4n) is 2.39. The minimum Gasteiger partial charge on any atom is -0.366 e. The van der Waals surface area contributed by atoms with Crippen LogP contribution in [0.15, 0.2) is 18.5 Å². The zero-order valence-corrected chi connectivity index (χ0v) is 10.3. The van der Waals surface area contributed by atoms with Gasteiger partial charge in [0.2, 0.25) is 0 Å². The highest BCUT2D eigenvalue weighted by Gasteiger charge is 2.34. The second-order valence-corrected chi connectivity index (χ2v) is 5.05. The maximum absolute atomic E-state index is 12.6. The normalized spacial score (nSPS) is 23.4. The van der Waals surface area contributed by atoms with Crippen molar-refractivity contribution in [3.63, 3.8) is 0 Å². The molecule has 4 nitrogen and oxygen atoms in total. The van der Waals surface area contributed by atoms with Crippen LogP contribution in [-0.2, 0) is 6.18 Å². The number of nitrogens with one attached hydrogen (secondary N) is 1. The Kier molecular flexibility index (Phi) is 2.65. The van der Waals surface area contributed by atoms with Gasteiger partial charge in [0, 0.05) is 24.5 Å². The molecule has 0 spiro atoms. The molecule has 0 unspecified atom stereocenters. The molecule has 2 heterocycles. The van der Waals surface area contributed by atoms with E-state index >= 15 is 0 Å². The lowest BCUT2D eigenvalue weighted by atomic mass is 9.82. The molecule has 0 amide bonds. The molecule has 0 atom stereocenters. The summed E-state index contributed by atoms with van der Waals surface area (Å²) >= 11 is 0. The zero-order chi connectivity index (χ0) is 13.6. The third kappa shape index (κ3) is 2.24. The van der Waals surface area contributed by atoms with E-state index in [0.29, 0.717) is 17.3 Å². The van der Waals surface area contributed by atoms with Crippen molar-refractivity contribution in [2.24, 2.45) is 5.92 Å². The number of fused-ring (bicyclic) bond motifs is 1. The minimum absolute atomic E-state index is 0.290. The smallest absolute Gasteiger partial charge is 0.366 e. The van der Waals surface area contributed by atoms with E-state index in [-0.39, 0.29) is 6.04 Å². The lowest BCUT2D eigenvalue weighted by Crippen LogP contribution is -2.34. The van der Waals surface area contributed by atoms with Crippen LogP contribution in [0, 0.1) is 5.92 Å². The molecule has 19 heavy (non-hydrogen) atoms. The predicted molar refractivity (Wildman–Crippen MR) is 63.8 cm³/mol. The molecule has 1 aliphatic rings. The number of hydrogen-bond acceptors (Lipinski definition) is 3. The third-order valence-electron chi connectivity index (χ3n) is 3.39. The molecule has 2 aromatic rings. The van der Waals surface area contributed by atoms with Gasteiger partial charge in [0.25, 0.3) is 0 Å². The van der Waals surface area contributed by atoms with Crippen LogP contribution in [0.3, 0.4) is 0 Å². The average molecular weight is 270 g/mol. The number of nitrogens with zero attached hydrogens (tertiary/aromatic N) is 3. The lowest BCUT2D eigenvalue weighted by molar-refractivity contribution is -0.141. The molecule has 1 saturated carbocycles. The van der Waals surface area contributed by atoms with Gasteiger partial charge in [0.05, 0.1) is 0 Å². The van der Waals surface area contributed by atoms with Crippen LogP contribution in [0.5, 0.6) is 0 Å². The van der Waals surface area contributed by atoms with Crippen LogP contribution >= 0.6 is 0 Å². The number of hydrogen-bond donors (Lipinski definition) is 1. The molecule has 2 aromatic heterocycles. The third-order valence-corrected chi connectivity index (χ3v) is 3.39. The van der Waals surface area contributed by atoms with Gasteiger partial charge in [-0.1, -0.05) is 6.92 Å². The summed E-state index contributed by atoms with van der Waals surface area (Å²) in [5, 5.41) is 6.70. The van der Waals surface area contributed by atoms with Gasteiger partial charge in [-0.25, -0.2) is 9.50 Å². The molecule has 3 rings (SSSR count). The van der Waals surface area contributed by atoms with E-state index in [1.165, 1.54) is 16.9 Å². The maximum atomic E-state index is 12.6. The van der Waals surface area contributed by atoms with Gasteiger partial charge in [-0.05, 0) is 18.8 Å². The molecule has 1 N–H and O–H groups in total. The van der Waals surface area contributed by atoms with Gasteiger partial charge >= 0.3 is 6.18 Å². The molecular weight excluding hydrogens is 257 g/mol. The monoisotopic (exact) mass is 270 g/mol. The topological polar surface area (TPSA) is 42.2 Å². The SMILES string of the molecule is CC1CC(Nc2nccn3nc(C(F)(F)F)cc23)C1. The first kappa shape index (κ1) is 12.3. The van der Waals surface area contributed by atoms with E-state index in [0.717, 1.165) is 18.9 Å². The largest absolute Gasteiger partial charge is 0.435 e. The fourth-order valence-corrected chi connectivity index (χ4v) is 2.39. The number of rotatable bonds is 2. The van der Waals surface area contributed by atoms with Crippen LogP contribution in [0.1, 0.15) is 25.5 Å². The first-order chi connectivity index (χ1) is 8.93. The van der Waals surface area contributed by atoms with Crippen molar-refractivity contribution in [2.75, 3.05) is 5.32 Å². The minimum atomic E-state index is -4.44. The number of halogens is 3. The van der Waals surface area contributed by atoms with E-state index in [2.05, 4.69) is 22.3 Å². The Hall–Kier alpha value is -1.79. The van der Waals surface area contributed by atoms with Crippen molar-refractivity contribution < 1.29 is 13.2 Å². The second-order valence-electron chi connectivity index (χ2n) is 5.05. The van der Waals surface area contributed by atoms with Crippen LogP contribution in [0.4, 0.5) is 19.0 Å². The summed E-state index contributed by atoms with van der Waals surface area (Å²) in [6.45, 7) is 2.15. The Labute approximate surface area is 107 Å². The molecule has 0 aliphatic heterocycles. The average Bonchev–Trinajstić information content (AvgIpc) is 2.71. The van der Waals surface area contributed by atoms with Crippen molar-refractivity contribution in [1.82, 2.24) is 14.6 Å². The summed E-state index contributed by atoms with van der Waals surface area (Å²) in [6.07, 6.45) is 0.462. The first-order valence-corrected chi connectivity index (χ1v) is 6.11. The van der Waals surface area contributed by atoms with Gasteiger partial charge < -0.3 is 5.32 Å². The number of alkyl halides is 3. The fraction of sp³-hybridized carbons (Fsp3) is 0.500. The zero-order valence-electron chi connectivity index (χ0n) is 10.3. The molecule has 0 aromatic carbocycles. The quantitative estimate of drug-likeness (QED) is 0.912. The summed E-state index contributed by atoms with van der Waals surface area (Å²) in [5.41, 5.74) is -0.542. The van der Waals surface area contributed by atoms with Crippen LogP contribution in [0.2, 0.25) is 0 Å². The summed E-state index contributed by atoms with van der Waals surface area (Å²) in [6, 6.07) is 1.31. The van der Waals surface area contributed by atoms with E-state index in [4.69, 9.17) is 0 Å². The van der Waals surface area contributed by atoms with E-state index in [1.807, 2.05) is 0 Å². The molecule has 7 heteroatoms. The second kappa shape index (κ2) is 4.11. The number of aromatic nitrogens is 3. The van der Waals surface area contributed by atoms with Crippen LogP contribution in [0.25, 0.3) is 5.52 Å². The summed E-state index contributed by atoms with van der Waals surface area (Å²) in [5.74, 6) is 1.12. The Morgan fingerprint density at radius 1 is 1.37 bits per heavy atom. The van der Waals surface area contributed by atoms with Gasteiger partial charge in [0.15, 0.2) is 11.5 Å². The first-order valence-electron chi connectivity index (χ1n) is 6.11. The number of anilines is 1. The Morgan fingerprint density at radius 3 is 2.74 bits per heavy atom. The molecule has 1 fully saturated rings. The van der Waals surface area contributed by atoms with Crippen molar-refractivity contribution in [3.05, 3.63) is 24.2 Å². The van der Waals surface area contributed by atoms with Gasteiger partial charge in [0.1, 0.15) is 5.52 Å². The van der Waals surface area contributed by atoms with Gasteiger partial charge in [-0.3, -0.25) is 0 Å². The van der Waals surface area contributed by atoms with E-state index in [9.17, 15) is 13.2 Å². The molecule has 0 saturated heterocycles. The molecule has 102 valence electrons. The molecule has 0 radical (unpaired) electrons. The highest BCUT2D eigenvalue weighted by atomic mass is 19.4. The molecule has 1 aliphatic carbocycles. The standard InChI is InChI=1S/C12H13F3N4/c1-7-4-8(5-7)17-11-9-6-10(12(13,14)15)18-19(9)3-2-16-11/h2-3,6-8H,4-5H2,1H3,(H,16,17). The van der Waals surface area contributed by atoms with Crippen LogP contribution < -0.4 is 5.32 Å². The van der Waals surface area contributed by atoms with Crippen molar-refractivity contribution in [3.8, 4) is 0 Å². The van der Waals surface area contributed by atoms with Crippen LogP contribution in [-0.4, -0.2) is 20.6 Å². The Morgan fingerprint density at radius 2 is 2.11 bits per heavy atom. The van der Waals surface area contributed by atoms with E-state index in [1.54, 1.807) is 0 Å². The van der Waals surface area contributed by atoms with Gasteiger partial charge in [-0.15, -0.1) is 0 Å². The van der Waals surface area contributed by atoms with Crippen molar-refractivity contribution in [1.29, 1.82) is 0 Å². The van der Waals surface area contributed by atoms with Crippen molar-refractivity contribution >= 4 is 11.3 Å². The lowest BCUT2D eigenvalue weighted by Gasteiger charge is -2.33. The summed E-state index contributed by atoms with van der Waals surface area (Å²) in [4.78, 5) is 4.11. The van der Waals surface area contributed by atoms with Gasteiger partial charge in [-0.2, -0.15) is 18.3 Å². The summed E-state index contributed by atoms with van der Waals surface area (Å²) < 4.78 is 39.1.